The average molecular weight is 301 g/mol. The van der Waals surface area contributed by atoms with Gasteiger partial charge in [-0.05, 0) is 35.4 Å². The Morgan fingerprint density at radius 1 is 1.10 bits per heavy atom. The smallest absolute Gasteiger partial charge is 0.256 e. The van der Waals surface area contributed by atoms with Crippen LogP contribution >= 0.6 is 0 Å². The zero-order valence-corrected chi connectivity index (χ0v) is 12.0. The van der Waals surface area contributed by atoms with Crippen molar-refractivity contribution in [2.24, 2.45) is 0 Å². The number of fused-ring (bicyclic) bond motifs is 1. The van der Waals surface area contributed by atoms with Crippen molar-refractivity contribution in [3.63, 3.8) is 0 Å². The first-order valence-corrected chi connectivity index (χ1v) is 7.88. The molecular formula is C16H12FNO2S. The lowest BCUT2D eigenvalue weighted by Crippen LogP contribution is -2.11. The summed E-state index contributed by atoms with van der Waals surface area (Å²) >= 11 is -1.21. The second-order valence-electron chi connectivity index (χ2n) is 4.67. The first-order valence-electron chi connectivity index (χ1n) is 6.32. The van der Waals surface area contributed by atoms with E-state index in [1.54, 1.807) is 48.7 Å². The van der Waals surface area contributed by atoms with Crippen LogP contribution in [0.5, 0.6) is 0 Å². The molecule has 3 rings (SSSR count). The Morgan fingerprint density at radius 3 is 2.62 bits per heavy atom. The molecule has 0 aliphatic heterocycles. The maximum Gasteiger partial charge on any atom is 0.256 e. The van der Waals surface area contributed by atoms with Gasteiger partial charge in [0.1, 0.15) is 12.1 Å². The molecule has 21 heavy (non-hydrogen) atoms. The summed E-state index contributed by atoms with van der Waals surface area (Å²) in [5.41, 5.74) is 0.775. The van der Waals surface area contributed by atoms with E-state index in [4.69, 9.17) is 0 Å². The second-order valence-corrected chi connectivity index (χ2v) is 6.01. The van der Waals surface area contributed by atoms with E-state index in [2.05, 4.69) is 4.98 Å². The number of pyridine rings is 1. The lowest BCUT2D eigenvalue weighted by molar-refractivity contribution is 0.601. The van der Waals surface area contributed by atoms with Crippen molar-refractivity contribution in [1.29, 1.82) is 0 Å². The molecule has 3 aromatic rings. The van der Waals surface area contributed by atoms with Gasteiger partial charge in [-0.3, -0.25) is 4.79 Å². The van der Waals surface area contributed by atoms with Gasteiger partial charge in [0, 0.05) is 10.9 Å². The van der Waals surface area contributed by atoms with Crippen LogP contribution < -0.4 is 5.56 Å². The molecule has 1 aromatic heterocycles. The lowest BCUT2D eigenvalue weighted by atomic mass is 10.0. The number of aromatic amines is 1. The first kappa shape index (κ1) is 13.9. The van der Waals surface area contributed by atoms with Crippen LogP contribution in [0, 0.1) is 5.82 Å². The van der Waals surface area contributed by atoms with Gasteiger partial charge < -0.3 is 9.54 Å². The van der Waals surface area contributed by atoms with Crippen LogP contribution in [-0.2, 0) is 11.2 Å². The van der Waals surface area contributed by atoms with Gasteiger partial charge in [0.15, 0.2) is 4.90 Å². The van der Waals surface area contributed by atoms with E-state index in [0.29, 0.717) is 21.4 Å². The van der Waals surface area contributed by atoms with Gasteiger partial charge in [-0.1, -0.05) is 24.3 Å². The van der Waals surface area contributed by atoms with Crippen LogP contribution in [0.25, 0.3) is 22.0 Å². The van der Waals surface area contributed by atoms with Gasteiger partial charge in [-0.25, -0.2) is 4.39 Å². The van der Waals surface area contributed by atoms with E-state index in [1.165, 1.54) is 6.07 Å². The van der Waals surface area contributed by atoms with E-state index >= 15 is 0 Å². The zero-order chi connectivity index (χ0) is 15.0. The summed E-state index contributed by atoms with van der Waals surface area (Å²) in [6, 6.07) is 13.3. The van der Waals surface area contributed by atoms with Gasteiger partial charge in [-0.2, -0.15) is 0 Å². The second kappa shape index (κ2) is 5.35. The van der Waals surface area contributed by atoms with Crippen LogP contribution in [0.1, 0.15) is 0 Å². The molecule has 1 N–H and O–H groups in total. The molecule has 3 nitrogen and oxygen atoms in total. The third-order valence-corrected chi connectivity index (χ3v) is 4.29. The molecule has 0 spiro atoms. The molecule has 2 aromatic carbocycles. The minimum atomic E-state index is -1.21. The zero-order valence-electron chi connectivity index (χ0n) is 11.2. The third-order valence-electron chi connectivity index (χ3n) is 3.32. The Hall–Kier alpha value is -2.11. The highest BCUT2D eigenvalue weighted by Gasteiger charge is 2.16. The van der Waals surface area contributed by atoms with Crippen molar-refractivity contribution in [3.8, 4) is 11.1 Å². The Morgan fingerprint density at radius 2 is 1.86 bits per heavy atom. The third kappa shape index (κ3) is 2.46. The summed E-state index contributed by atoms with van der Waals surface area (Å²) in [5.74, 6) is -0.469. The highest BCUT2D eigenvalue weighted by Crippen LogP contribution is 2.26. The van der Waals surface area contributed by atoms with Gasteiger partial charge in [0.2, 0.25) is 0 Å². The molecule has 1 atom stereocenters. The highest BCUT2D eigenvalue weighted by molar-refractivity contribution is 7.90. The van der Waals surface area contributed by atoms with Crippen LogP contribution in [0.15, 0.2) is 58.2 Å². The number of para-hydroxylation sites is 1. The van der Waals surface area contributed by atoms with Crippen LogP contribution in [0.3, 0.4) is 0 Å². The lowest BCUT2D eigenvalue weighted by Gasteiger charge is -2.10. The van der Waals surface area contributed by atoms with Crippen molar-refractivity contribution in [2.75, 3.05) is 6.26 Å². The van der Waals surface area contributed by atoms with E-state index in [1.807, 2.05) is 0 Å². The summed E-state index contributed by atoms with van der Waals surface area (Å²) in [6.45, 7) is 0. The maximum absolute atomic E-state index is 13.7. The fourth-order valence-corrected chi connectivity index (χ4v) is 3.09. The molecule has 5 heteroatoms. The summed E-state index contributed by atoms with van der Waals surface area (Å²) in [4.78, 5) is 15.4. The molecule has 106 valence electrons. The molecule has 0 bridgehead atoms. The fraction of sp³-hybridized carbons (Fsp3) is 0.0625. The number of halogens is 1. The quantitative estimate of drug-likeness (QED) is 0.740. The van der Waals surface area contributed by atoms with Gasteiger partial charge >= 0.3 is 0 Å². The first-order chi connectivity index (χ1) is 10.1. The van der Waals surface area contributed by atoms with E-state index < -0.39 is 22.6 Å². The maximum atomic E-state index is 13.7. The number of hydrogen-bond donors (Lipinski definition) is 1. The topological polar surface area (TPSA) is 55.9 Å². The van der Waals surface area contributed by atoms with E-state index in [0.717, 1.165) is 0 Å². The van der Waals surface area contributed by atoms with E-state index in [-0.39, 0.29) is 5.52 Å². The van der Waals surface area contributed by atoms with Crippen molar-refractivity contribution >= 4 is 22.1 Å². The Balaban J connectivity index is 2.32. The van der Waals surface area contributed by atoms with Crippen LogP contribution in [0.4, 0.5) is 4.39 Å². The SMILES string of the molecule is C[S+]([O-])c1ccccc1-c1cc2cccc(F)c2[nH]c1=O. The molecule has 0 fully saturated rings. The van der Waals surface area contributed by atoms with Crippen molar-refractivity contribution in [1.82, 2.24) is 4.98 Å². The van der Waals surface area contributed by atoms with Crippen molar-refractivity contribution < 1.29 is 8.94 Å². The molecule has 0 amide bonds. The van der Waals surface area contributed by atoms with Crippen LogP contribution in [0.2, 0.25) is 0 Å². The Bertz CT molecular complexity index is 874. The molecular weight excluding hydrogens is 289 g/mol. The minimum Gasteiger partial charge on any atom is -0.612 e. The summed E-state index contributed by atoms with van der Waals surface area (Å²) in [7, 11) is 0. The summed E-state index contributed by atoms with van der Waals surface area (Å²) < 4.78 is 25.5. The largest absolute Gasteiger partial charge is 0.612 e. The standard InChI is InChI=1S/C16H12FNO2S/c1-21(20)14-8-3-2-6-11(14)12-9-10-5-4-7-13(17)15(10)18-16(12)19/h2-9H,1H3,(H,18,19). The van der Waals surface area contributed by atoms with Gasteiger partial charge in [0.05, 0.1) is 11.1 Å². The van der Waals surface area contributed by atoms with Gasteiger partial charge in [0.25, 0.3) is 5.56 Å². The average Bonchev–Trinajstić information content (AvgIpc) is 2.48. The summed E-state index contributed by atoms with van der Waals surface area (Å²) in [6.07, 6.45) is 1.56. The number of H-pyrrole nitrogens is 1. The highest BCUT2D eigenvalue weighted by atomic mass is 32.2. The molecule has 0 radical (unpaired) electrons. The normalized spacial score (nSPS) is 12.5. The van der Waals surface area contributed by atoms with Crippen LogP contribution in [-0.4, -0.2) is 15.8 Å². The van der Waals surface area contributed by atoms with Crippen molar-refractivity contribution in [2.45, 2.75) is 4.90 Å². The number of benzene rings is 2. The van der Waals surface area contributed by atoms with E-state index in [9.17, 15) is 13.7 Å². The fourth-order valence-electron chi connectivity index (χ4n) is 2.33. The van der Waals surface area contributed by atoms with Crippen molar-refractivity contribution in [3.05, 3.63) is 64.7 Å². The summed E-state index contributed by atoms with van der Waals surface area (Å²) in [5, 5.41) is 0.598. The molecule has 0 aliphatic rings. The number of aromatic nitrogens is 1. The Labute approximate surface area is 123 Å². The van der Waals surface area contributed by atoms with Gasteiger partial charge in [-0.15, -0.1) is 0 Å². The predicted octanol–water partition coefficient (Wildman–Crippen LogP) is 3.07. The number of nitrogens with one attached hydrogen (secondary N) is 1. The molecule has 0 saturated carbocycles. The Kier molecular flexibility index (Phi) is 3.53. The number of rotatable bonds is 2. The molecule has 0 aliphatic carbocycles. The minimum absolute atomic E-state index is 0.182. The molecule has 0 saturated heterocycles. The molecule has 1 unspecified atom stereocenters. The molecule has 1 heterocycles. The number of hydrogen-bond acceptors (Lipinski definition) is 2. The predicted molar refractivity (Wildman–Crippen MR) is 82.3 cm³/mol. The monoisotopic (exact) mass is 301 g/mol.